The maximum atomic E-state index is 5.18. The first-order valence-electron chi connectivity index (χ1n) is 7.16. The molecule has 0 saturated heterocycles. The average molecular weight is 286 g/mol. The monoisotopic (exact) mass is 286 g/mol. The van der Waals surface area contributed by atoms with Crippen molar-refractivity contribution in [2.45, 2.75) is 26.9 Å². The Hall–Kier alpha value is -1.98. The molecule has 1 aromatic carbocycles. The van der Waals surface area contributed by atoms with Gasteiger partial charge in [0.05, 0.1) is 18.0 Å². The first kappa shape index (κ1) is 15.4. The summed E-state index contributed by atoms with van der Waals surface area (Å²) in [7, 11) is 1.67. The Labute approximate surface area is 126 Å². The number of para-hydroxylation sites is 1. The predicted molar refractivity (Wildman–Crippen MR) is 84.4 cm³/mol. The number of hydrogen-bond donors (Lipinski definition) is 1. The van der Waals surface area contributed by atoms with Gasteiger partial charge in [-0.3, -0.25) is 0 Å². The molecule has 112 valence electrons. The molecule has 0 amide bonds. The smallest absolute Gasteiger partial charge is 0.245 e. The van der Waals surface area contributed by atoms with Crippen LogP contribution < -0.4 is 10.4 Å². The minimum atomic E-state index is 0.479. The molecular weight excluding hydrogens is 264 g/mol. The van der Waals surface area contributed by atoms with Crippen LogP contribution in [0.25, 0.3) is 0 Å². The molecule has 0 fully saturated rings. The van der Waals surface area contributed by atoms with Gasteiger partial charge < -0.3 is 4.74 Å². The third-order valence-corrected chi connectivity index (χ3v) is 2.92. The van der Waals surface area contributed by atoms with Crippen molar-refractivity contribution in [3.63, 3.8) is 0 Å². The standard InChI is InChI=1S/C16H22N4O/c1-4-10-17-20(15-8-6-5-7-9-15)16-18-13(2)11-14(19-16)12-21-3/h5-9,11,17H,4,10,12H2,1-3H3. The Morgan fingerprint density at radius 2 is 1.95 bits per heavy atom. The number of ether oxygens (including phenoxy) is 1. The van der Waals surface area contributed by atoms with E-state index in [1.807, 2.05) is 48.3 Å². The SMILES string of the molecule is CCCNN(c1ccccc1)c1nc(C)cc(COC)n1. The summed E-state index contributed by atoms with van der Waals surface area (Å²) < 4.78 is 5.18. The molecule has 1 N–H and O–H groups in total. The summed E-state index contributed by atoms with van der Waals surface area (Å²) in [4.78, 5) is 9.12. The van der Waals surface area contributed by atoms with E-state index in [0.29, 0.717) is 12.6 Å². The maximum Gasteiger partial charge on any atom is 0.245 e. The number of nitrogens with zero attached hydrogens (tertiary/aromatic N) is 3. The molecule has 0 aliphatic heterocycles. The lowest BCUT2D eigenvalue weighted by Gasteiger charge is -2.24. The molecule has 0 saturated carbocycles. The van der Waals surface area contributed by atoms with Gasteiger partial charge in [0.15, 0.2) is 0 Å². The highest BCUT2D eigenvalue weighted by Crippen LogP contribution is 2.20. The lowest BCUT2D eigenvalue weighted by atomic mass is 10.3. The van der Waals surface area contributed by atoms with E-state index in [0.717, 1.165) is 30.0 Å². The predicted octanol–water partition coefficient (Wildman–Crippen LogP) is 2.98. The Morgan fingerprint density at radius 1 is 1.19 bits per heavy atom. The molecule has 0 aliphatic rings. The number of rotatable bonds is 7. The number of hydrogen-bond acceptors (Lipinski definition) is 5. The number of anilines is 2. The van der Waals surface area contributed by atoms with E-state index in [9.17, 15) is 0 Å². The lowest BCUT2D eigenvalue weighted by Crippen LogP contribution is -2.36. The fourth-order valence-electron chi connectivity index (χ4n) is 2.02. The van der Waals surface area contributed by atoms with Crippen molar-refractivity contribution in [3.8, 4) is 0 Å². The molecule has 5 heteroatoms. The number of aromatic nitrogens is 2. The molecule has 1 heterocycles. The van der Waals surface area contributed by atoms with E-state index in [-0.39, 0.29) is 0 Å². The van der Waals surface area contributed by atoms with Crippen LogP contribution in [0.1, 0.15) is 24.7 Å². The van der Waals surface area contributed by atoms with E-state index < -0.39 is 0 Å². The number of nitrogens with one attached hydrogen (secondary N) is 1. The average Bonchev–Trinajstić information content (AvgIpc) is 2.48. The Morgan fingerprint density at radius 3 is 2.62 bits per heavy atom. The summed E-state index contributed by atoms with van der Waals surface area (Å²) in [6, 6.07) is 12.0. The number of benzene rings is 1. The zero-order chi connectivity index (χ0) is 15.1. The first-order valence-corrected chi connectivity index (χ1v) is 7.16. The van der Waals surface area contributed by atoms with Crippen molar-refractivity contribution in [2.24, 2.45) is 0 Å². The van der Waals surface area contributed by atoms with Crippen LogP contribution in [0.15, 0.2) is 36.4 Å². The van der Waals surface area contributed by atoms with Crippen molar-refractivity contribution in [3.05, 3.63) is 47.8 Å². The van der Waals surface area contributed by atoms with Crippen LogP contribution in [0, 0.1) is 6.92 Å². The van der Waals surface area contributed by atoms with Gasteiger partial charge in [0.2, 0.25) is 5.95 Å². The van der Waals surface area contributed by atoms with Crippen LogP contribution in [0.4, 0.5) is 11.6 Å². The van der Waals surface area contributed by atoms with Crippen LogP contribution >= 0.6 is 0 Å². The van der Waals surface area contributed by atoms with Crippen molar-refractivity contribution in [1.29, 1.82) is 0 Å². The molecule has 1 aromatic heterocycles. The summed E-state index contributed by atoms with van der Waals surface area (Å²) >= 11 is 0. The van der Waals surface area contributed by atoms with E-state index >= 15 is 0 Å². The van der Waals surface area contributed by atoms with Gasteiger partial charge in [0, 0.05) is 19.3 Å². The second kappa shape index (κ2) is 7.71. The number of aryl methyl sites for hydroxylation is 1. The van der Waals surface area contributed by atoms with Crippen molar-refractivity contribution in [1.82, 2.24) is 15.4 Å². The topological polar surface area (TPSA) is 50.3 Å². The molecule has 2 aromatic rings. The van der Waals surface area contributed by atoms with E-state index in [2.05, 4.69) is 22.3 Å². The van der Waals surface area contributed by atoms with E-state index in [1.54, 1.807) is 7.11 Å². The fourth-order valence-corrected chi connectivity index (χ4v) is 2.02. The highest BCUT2D eigenvalue weighted by atomic mass is 16.5. The second-order valence-electron chi connectivity index (χ2n) is 4.81. The lowest BCUT2D eigenvalue weighted by molar-refractivity contribution is 0.181. The summed E-state index contributed by atoms with van der Waals surface area (Å²) in [5.41, 5.74) is 6.18. The number of hydrazine groups is 1. The molecule has 0 spiro atoms. The summed E-state index contributed by atoms with van der Waals surface area (Å²) in [5, 5.41) is 1.93. The molecule has 0 bridgehead atoms. The second-order valence-corrected chi connectivity index (χ2v) is 4.81. The minimum absolute atomic E-state index is 0.479. The maximum absolute atomic E-state index is 5.18. The van der Waals surface area contributed by atoms with Crippen LogP contribution in [0.3, 0.4) is 0 Å². The third kappa shape index (κ3) is 4.24. The molecule has 0 unspecified atom stereocenters. The quantitative estimate of drug-likeness (QED) is 0.793. The van der Waals surface area contributed by atoms with Gasteiger partial charge in [0.1, 0.15) is 0 Å². The van der Waals surface area contributed by atoms with Crippen LogP contribution in [-0.2, 0) is 11.3 Å². The van der Waals surface area contributed by atoms with E-state index in [1.165, 1.54) is 0 Å². The first-order chi connectivity index (χ1) is 10.2. The molecule has 0 aliphatic carbocycles. The van der Waals surface area contributed by atoms with Gasteiger partial charge in [-0.25, -0.2) is 20.4 Å². The third-order valence-electron chi connectivity index (χ3n) is 2.92. The number of methoxy groups -OCH3 is 1. The minimum Gasteiger partial charge on any atom is -0.378 e. The summed E-state index contributed by atoms with van der Waals surface area (Å²) in [6.07, 6.45) is 1.03. The highest BCUT2D eigenvalue weighted by Gasteiger charge is 2.13. The van der Waals surface area contributed by atoms with Gasteiger partial charge in [0.25, 0.3) is 0 Å². The van der Waals surface area contributed by atoms with Gasteiger partial charge in [-0.05, 0) is 31.5 Å². The van der Waals surface area contributed by atoms with Crippen molar-refractivity contribution < 1.29 is 4.74 Å². The Balaban J connectivity index is 2.36. The normalized spacial score (nSPS) is 10.6. The summed E-state index contributed by atoms with van der Waals surface area (Å²) in [5.74, 6) is 0.640. The summed E-state index contributed by atoms with van der Waals surface area (Å²) in [6.45, 7) is 5.43. The Kier molecular flexibility index (Phi) is 5.66. The van der Waals surface area contributed by atoms with Gasteiger partial charge in [-0.1, -0.05) is 25.1 Å². The van der Waals surface area contributed by atoms with Crippen molar-refractivity contribution in [2.75, 3.05) is 18.7 Å². The fraction of sp³-hybridized carbons (Fsp3) is 0.375. The molecule has 0 atom stereocenters. The van der Waals surface area contributed by atoms with Crippen LogP contribution in [-0.4, -0.2) is 23.6 Å². The van der Waals surface area contributed by atoms with Crippen LogP contribution in [0.2, 0.25) is 0 Å². The van der Waals surface area contributed by atoms with Gasteiger partial charge >= 0.3 is 0 Å². The van der Waals surface area contributed by atoms with Gasteiger partial charge in [-0.15, -0.1) is 0 Å². The Bertz CT molecular complexity index is 559. The molecule has 21 heavy (non-hydrogen) atoms. The van der Waals surface area contributed by atoms with Crippen molar-refractivity contribution >= 4 is 11.6 Å². The van der Waals surface area contributed by atoms with Crippen LogP contribution in [0.5, 0.6) is 0 Å². The molecular formula is C16H22N4O. The molecule has 2 rings (SSSR count). The zero-order valence-corrected chi connectivity index (χ0v) is 12.8. The molecule has 5 nitrogen and oxygen atoms in total. The van der Waals surface area contributed by atoms with Gasteiger partial charge in [-0.2, -0.15) is 0 Å². The largest absolute Gasteiger partial charge is 0.378 e. The molecule has 0 radical (unpaired) electrons. The highest BCUT2D eigenvalue weighted by molar-refractivity contribution is 5.55. The van der Waals surface area contributed by atoms with E-state index in [4.69, 9.17) is 4.74 Å². The zero-order valence-electron chi connectivity index (χ0n) is 12.8.